The number of H-pyrrole nitrogens is 1. The Hall–Kier alpha value is -1.43. The Labute approximate surface area is 102 Å². The molecule has 2 N–H and O–H groups in total. The average Bonchev–Trinajstić information content (AvgIpc) is 2.79. The number of aromatic nitrogens is 4. The van der Waals surface area contributed by atoms with Crippen molar-refractivity contribution in [2.75, 3.05) is 11.9 Å². The Bertz CT molecular complexity index is 429. The van der Waals surface area contributed by atoms with E-state index >= 15 is 0 Å². The minimum Gasteiger partial charge on any atom is -0.384 e. The van der Waals surface area contributed by atoms with Gasteiger partial charge >= 0.3 is 0 Å². The van der Waals surface area contributed by atoms with Gasteiger partial charge in [-0.25, -0.2) is 4.98 Å². The van der Waals surface area contributed by atoms with Gasteiger partial charge in [0.25, 0.3) is 0 Å². The van der Waals surface area contributed by atoms with Crippen molar-refractivity contribution < 1.29 is 0 Å². The zero-order valence-electron chi connectivity index (χ0n) is 8.65. The van der Waals surface area contributed by atoms with Crippen LogP contribution in [0.3, 0.4) is 0 Å². The van der Waals surface area contributed by atoms with Crippen molar-refractivity contribution in [3.05, 3.63) is 35.1 Å². The van der Waals surface area contributed by atoms with E-state index in [4.69, 9.17) is 0 Å². The SMILES string of the molecule is Brc1cnccc1NCCCc1ncn[nH]1. The van der Waals surface area contributed by atoms with Crippen LogP contribution >= 0.6 is 15.9 Å². The first kappa shape index (κ1) is 11.1. The third kappa shape index (κ3) is 3.03. The molecule has 2 aromatic heterocycles. The van der Waals surface area contributed by atoms with Gasteiger partial charge in [-0.3, -0.25) is 10.1 Å². The molecule has 0 saturated carbocycles. The van der Waals surface area contributed by atoms with Crippen LogP contribution < -0.4 is 5.32 Å². The van der Waals surface area contributed by atoms with Crippen LogP contribution in [0.1, 0.15) is 12.2 Å². The second-order valence-electron chi connectivity index (χ2n) is 3.32. The van der Waals surface area contributed by atoms with Gasteiger partial charge in [0.2, 0.25) is 0 Å². The Morgan fingerprint density at radius 1 is 1.44 bits per heavy atom. The number of halogens is 1. The second kappa shape index (κ2) is 5.60. The number of rotatable bonds is 5. The molecule has 2 rings (SSSR count). The molecule has 0 saturated heterocycles. The Kier molecular flexibility index (Phi) is 3.87. The summed E-state index contributed by atoms with van der Waals surface area (Å²) in [4.78, 5) is 8.07. The maximum absolute atomic E-state index is 4.06. The van der Waals surface area contributed by atoms with E-state index in [1.807, 2.05) is 6.07 Å². The predicted octanol–water partition coefficient (Wildman–Crippen LogP) is 2.01. The number of aryl methyl sites for hydroxylation is 1. The fraction of sp³-hybridized carbons (Fsp3) is 0.300. The van der Waals surface area contributed by atoms with Crippen molar-refractivity contribution in [1.82, 2.24) is 20.2 Å². The summed E-state index contributed by atoms with van der Waals surface area (Å²) in [6, 6.07) is 1.94. The van der Waals surface area contributed by atoms with Crippen molar-refractivity contribution in [1.29, 1.82) is 0 Å². The summed E-state index contributed by atoms with van der Waals surface area (Å²) in [5.41, 5.74) is 1.06. The van der Waals surface area contributed by atoms with Crippen molar-refractivity contribution in [3.63, 3.8) is 0 Å². The Balaban J connectivity index is 1.74. The highest BCUT2D eigenvalue weighted by molar-refractivity contribution is 9.10. The standard InChI is InChI=1S/C10H12BrN5/c11-8-6-12-5-3-9(8)13-4-1-2-10-14-7-15-16-10/h3,5-7H,1-2,4H2,(H,12,13)(H,14,15,16). The van der Waals surface area contributed by atoms with Gasteiger partial charge < -0.3 is 5.32 Å². The Morgan fingerprint density at radius 2 is 2.38 bits per heavy atom. The quantitative estimate of drug-likeness (QED) is 0.823. The lowest BCUT2D eigenvalue weighted by atomic mass is 10.3. The maximum atomic E-state index is 4.06. The van der Waals surface area contributed by atoms with E-state index in [9.17, 15) is 0 Å². The first-order chi connectivity index (χ1) is 7.86. The van der Waals surface area contributed by atoms with Gasteiger partial charge in [0, 0.05) is 25.4 Å². The lowest BCUT2D eigenvalue weighted by Crippen LogP contribution is -2.04. The molecular formula is C10H12BrN5. The molecule has 2 heterocycles. The molecule has 0 unspecified atom stereocenters. The molecule has 84 valence electrons. The maximum Gasteiger partial charge on any atom is 0.137 e. The topological polar surface area (TPSA) is 66.5 Å². The number of aromatic amines is 1. The molecule has 0 aromatic carbocycles. The molecule has 0 fully saturated rings. The summed E-state index contributed by atoms with van der Waals surface area (Å²) in [6.07, 6.45) is 6.98. The zero-order chi connectivity index (χ0) is 11.2. The lowest BCUT2D eigenvalue weighted by Gasteiger charge is -2.06. The second-order valence-corrected chi connectivity index (χ2v) is 4.17. The molecule has 5 nitrogen and oxygen atoms in total. The molecule has 0 amide bonds. The summed E-state index contributed by atoms with van der Waals surface area (Å²) >= 11 is 3.43. The van der Waals surface area contributed by atoms with Gasteiger partial charge in [-0.2, -0.15) is 5.10 Å². The summed E-state index contributed by atoms with van der Waals surface area (Å²) in [5.74, 6) is 0.926. The summed E-state index contributed by atoms with van der Waals surface area (Å²) in [7, 11) is 0. The number of anilines is 1. The minimum atomic E-state index is 0.892. The van der Waals surface area contributed by atoms with E-state index in [2.05, 4.69) is 41.4 Å². The van der Waals surface area contributed by atoms with Crippen molar-refractivity contribution >= 4 is 21.6 Å². The van der Waals surface area contributed by atoms with E-state index in [-0.39, 0.29) is 0 Å². The van der Waals surface area contributed by atoms with Crippen molar-refractivity contribution in [3.8, 4) is 0 Å². The molecule has 6 heteroatoms. The smallest absolute Gasteiger partial charge is 0.137 e. The number of pyridine rings is 1. The van der Waals surface area contributed by atoms with Crippen LogP contribution in [-0.4, -0.2) is 26.7 Å². The van der Waals surface area contributed by atoms with Crippen LogP contribution in [0.2, 0.25) is 0 Å². The summed E-state index contributed by atoms with van der Waals surface area (Å²) < 4.78 is 0.981. The van der Waals surface area contributed by atoms with Gasteiger partial charge in [-0.05, 0) is 28.4 Å². The van der Waals surface area contributed by atoms with E-state index in [1.165, 1.54) is 6.33 Å². The highest BCUT2D eigenvalue weighted by Gasteiger charge is 1.98. The molecule has 2 aromatic rings. The number of hydrogen-bond donors (Lipinski definition) is 2. The average molecular weight is 282 g/mol. The van der Waals surface area contributed by atoms with Gasteiger partial charge in [0.1, 0.15) is 12.2 Å². The Morgan fingerprint density at radius 3 is 3.12 bits per heavy atom. The molecule has 0 aliphatic rings. The summed E-state index contributed by atoms with van der Waals surface area (Å²) in [6.45, 7) is 0.892. The van der Waals surface area contributed by atoms with Crippen molar-refractivity contribution in [2.24, 2.45) is 0 Å². The number of nitrogens with one attached hydrogen (secondary N) is 2. The number of nitrogens with zero attached hydrogens (tertiary/aromatic N) is 3. The van der Waals surface area contributed by atoms with Crippen molar-refractivity contribution in [2.45, 2.75) is 12.8 Å². The predicted molar refractivity (Wildman–Crippen MR) is 65.1 cm³/mol. The monoisotopic (exact) mass is 281 g/mol. The van der Waals surface area contributed by atoms with Crippen LogP contribution in [0.5, 0.6) is 0 Å². The normalized spacial score (nSPS) is 10.3. The van der Waals surface area contributed by atoms with E-state index in [0.717, 1.165) is 35.4 Å². The van der Waals surface area contributed by atoms with E-state index < -0.39 is 0 Å². The van der Waals surface area contributed by atoms with Gasteiger partial charge in [-0.15, -0.1) is 0 Å². The zero-order valence-corrected chi connectivity index (χ0v) is 10.2. The third-order valence-corrected chi connectivity index (χ3v) is 2.78. The largest absolute Gasteiger partial charge is 0.384 e. The third-order valence-electron chi connectivity index (χ3n) is 2.14. The van der Waals surface area contributed by atoms with Gasteiger partial charge in [0.05, 0.1) is 10.2 Å². The van der Waals surface area contributed by atoms with E-state index in [0.29, 0.717) is 0 Å². The van der Waals surface area contributed by atoms with E-state index in [1.54, 1.807) is 12.4 Å². The highest BCUT2D eigenvalue weighted by atomic mass is 79.9. The van der Waals surface area contributed by atoms with Crippen LogP contribution in [0.4, 0.5) is 5.69 Å². The molecule has 16 heavy (non-hydrogen) atoms. The van der Waals surface area contributed by atoms with Crippen LogP contribution in [0.15, 0.2) is 29.3 Å². The lowest BCUT2D eigenvalue weighted by molar-refractivity contribution is 0.805. The summed E-state index contributed by atoms with van der Waals surface area (Å²) in [5, 5.41) is 9.97. The molecule has 0 aliphatic carbocycles. The molecule has 0 aliphatic heterocycles. The van der Waals surface area contributed by atoms with Crippen LogP contribution in [0, 0.1) is 0 Å². The van der Waals surface area contributed by atoms with Crippen LogP contribution in [0.25, 0.3) is 0 Å². The number of hydrogen-bond acceptors (Lipinski definition) is 4. The van der Waals surface area contributed by atoms with Gasteiger partial charge in [-0.1, -0.05) is 0 Å². The first-order valence-corrected chi connectivity index (χ1v) is 5.83. The fourth-order valence-electron chi connectivity index (χ4n) is 1.35. The van der Waals surface area contributed by atoms with Crippen LogP contribution in [-0.2, 0) is 6.42 Å². The molecule has 0 radical (unpaired) electrons. The van der Waals surface area contributed by atoms with Gasteiger partial charge in [0.15, 0.2) is 0 Å². The first-order valence-electron chi connectivity index (χ1n) is 5.04. The molecular weight excluding hydrogens is 270 g/mol. The molecule has 0 spiro atoms. The minimum absolute atomic E-state index is 0.892. The molecule has 0 atom stereocenters. The molecule has 0 bridgehead atoms. The highest BCUT2D eigenvalue weighted by Crippen LogP contribution is 2.19. The fourth-order valence-corrected chi connectivity index (χ4v) is 1.74.